The molecule has 1 amide bonds. The highest BCUT2D eigenvalue weighted by Crippen LogP contribution is 2.32. The third-order valence-electron chi connectivity index (χ3n) is 3.31. The first kappa shape index (κ1) is 22.3. The number of ether oxygens (including phenoxy) is 4. The fourth-order valence-corrected chi connectivity index (χ4v) is 2.11. The van der Waals surface area contributed by atoms with Crippen LogP contribution in [0.1, 0.15) is 46.1 Å². The van der Waals surface area contributed by atoms with Crippen LogP contribution in [0.25, 0.3) is 6.08 Å². The molecular formula is C20H29NO6. The minimum absolute atomic E-state index is 0.0691. The second-order valence-corrected chi connectivity index (χ2v) is 6.76. The molecule has 27 heavy (non-hydrogen) atoms. The van der Waals surface area contributed by atoms with E-state index in [4.69, 9.17) is 18.9 Å². The minimum atomic E-state index is -0.754. The highest BCUT2D eigenvalue weighted by molar-refractivity contribution is 5.97. The summed E-state index contributed by atoms with van der Waals surface area (Å²) in [6.45, 7) is 7.76. The maximum Gasteiger partial charge on any atom is 0.412 e. The second kappa shape index (κ2) is 10.4. The summed E-state index contributed by atoms with van der Waals surface area (Å²) in [6.07, 6.45) is 2.57. The zero-order valence-corrected chi connectivity index (χ0v) is 16.9. The highest BCUT2D eigenvalue weighted by atomic mass is 16.6. The van der Waals surface area contributed by atoms with E-state index in [1.807, 2.05) is 0 Å². The summed E-state index contributed by atoms with van der Waals surface area (Å²) >= 11 is 0. The molecule has 0 spiro atoms. The zero-order chi connectivity index (χ0) is 20.4. The fraction of sp³-hybridized carbons (Fsp3) is 0.500. The van der Waals surface area contributed by atoms with E-state index in [1.54, 1.807) is 39.0 Å². The van der Waals surface area contributed by atoms with Crippen LogP contribution in [-0.2, 0) is 14.3 Å². The van der Waals surface area contributed by atoms with E-state index in [9.17, 15) is 9.59 Å². The molecule has 0 saturated heterocycles. The van der Waals surface area contributed by atoms with Gasteiger partial charge in [-0.3, -0.25) is 5.32 Å². The van der Waals surface area contributed by atoms with Crippen LogP contribution in [0.2, 0.25) is 0 Å². The normalized spacial score (nSPS) is 11.6. The minimum Gasteiger partial charge on any atom is -0.493 e. The number of carbonyl (C=O) groups excluding carboxylic acids is 2. The molecule has 0 radical (unpaired) electrons. The summed E-state index contributed by atoms with van der Waals surface area (Å²) in [5.41, 5.74) is -0.197. The molecule has 0 bridgehead atoms. The lowest BCUT2D eigenvalue weighted by molar-refractivity contribution is -0.136. The van der Waals surface area contributed by atoms with E-state index < -0.39 is 17.7 Å². The van der Waals surface area contributed by atoms with Crippen molar-refractivity contribution in [3.05, 3.63) is 29.5 Å². The summed E-state index contributed by atoms with van der Waals surface area (Å²) in [5, 5.41) is 2.43. The number of nitrogens with one attached hydrogen (secondary N) is 1. The monoisotopic (exact) mass is 379 g/mol. The van der Waals surface area contributed by atoms with Gasteiger partial charge in [0.25, 0.3) is 0 Å². The number of amides is 1. The Bertz CT molecular complexity index is 676. The van der Waals surface area contributed by atoms with Gasteiger partial charge in [0.1, 0.15) is 11.3 Å². The lowest BCUT2D eigenvalue weighted by atomic mass is 10.1. The first-order valence-electron chi connectivity index (χ1n) is 8.81. The number of unbranched alkanes of at least 4 members (excludes halogenated alkanes) is 1. The third-order valence-corrected chi connectivity index (χ3v) is 3.31. The van der Waals surface area contributed by atoms with Crippen LogP contribution in [0, 0.1) is 0 Å². The van der Waals surface area contributed by atoms with E-state index >= 15 is 0 Å². The molecule has 0 aliphatic carbocycles. The van der Waals surface area contributed by atoms with Crippen LogP contribution in [0.5, 0.6) is 11.5 Å². The van der Waals surface area contributed by atoms with Gasteiger partial charge >= 0.3 is 12.1 Å². The Balaban J connectivity index is 3.22. The van der Waals surface area contributed by atoms with Gasteiger partial charge in [0, 0.05) is 5.56 Å². The van der Waals surface area contributed by atoms with Crippen LogP contribution < -0.4 is 14.8 Å². The molecule has 150 valence electrons. The number of benzene rings is 1. The second-order valence-electron chi connectivity index (χ2n) is 6.76. The van der Waals surface area contributed by atoms with Gasteiger partial charge in [0.2, 0.25) is 0 Å². The molecule has 7 nitrogen and oxygen atoms in total. The standard InChI is InChI=1S/C20H29NO6/c1-7-8-12-26-17-14(10-9-11-16(17)24-5)13-15(18(22)25-6)21-19(23)27-20(2,3)4/h9-11,13H,7-8,12H2,1-6H3,(H,21,23)/b15-13-. The van der Waals surface area contributed by atoms with Crippen molar-refractivity contribution in [2.45, 2.75) is 46.1 Å². The van der Waals surface area contributed by atoms with Crippen LogP contribution in [0.4, 0.5) is 4.79 Å². The summed E-state index contributed by atoms with van der Waals surface area (Å²) in [5.74, 6) is 0.311. The summed E-state index contributed by atoms with van der Waals surface area (Å²) in [4.78, 5) is 24.2. The molecule has 0 aliphatic heterocycles. The van der Waals surface area contributed by atoms with E-state index in [1.165, 1.54) is 20.3 Å². The number of hydrogen-bond acceptors (Lipinski definition) is 6. The average molecular weight is 379 g/mol. The van der Waals surface area contributed by atoms with Crippen molar-refractivity contribution in [1.29, 1.82) is 0 Å². The molecule has 0 aliphatic rings. The summed E-state index contributed by atoms with van der Waals surface area (Å²) < 4.78 is 21.1. The molecule has 0 fully saturated rings. The Morgan fingerprint density at radius 2 is 1.89 bits per heavy atom. The number of esters is 1. The lowest BCUT2D eigenvalue weighted by Gasteiger charge is -2.20. The van der Waals surface area contributed by atoms with Crippen molar-refractivity contribution in [3.8, 4) is 11.5 Å². The highest BCUT2D eigenvalue weighted by Gasteiger charge is 2.21. The Morgan fingerprint density at radius 3 is 2.44 bits per heavy atom. The van der Waals surface area contributed by atoms with Gasteiger partial charge in [-0.05, 0) is 39.3 Å². The first-order valence-corrected chi connectivity index (χ1v) is 8.81. The molecule has 0 unspecified atom stereocenters. The quantitative estimate of drug-likeness (QED) is 0.419. The van der Waals surface area contributed by atoms with Gasteiger partial charge in [-0.15, -0.1) is 0 Å². The maximum atomic E-state index is 12.1. The predicted octanol–water partition coefficient (Wildman–Crippen LogP) is 3.91. The number of methoxy groups -OCH3 is 2. The molecule has 0 aromatic heterocycles. The predicted molar refractivity (Wildman–Crippen MR) is 103 cm³/mol. The number of carbonyl (C=O) groups is 2. The van der Waals surface area contributed by atoms with E-state index in [-0.39, 0.29) is 5.70 Å². The van der Waals surface area contributed by atoms with Gasteiger partial charge in [0.15, 0.2) is 11.5 Å². The van der Waals surface area contributed by atoms with Gasteiger partial charge in [-0.25, -0.2) is 9.59 Å². The fourth-order valence-electron chi connectivity index (χ4n) is 2.11. The Hall–Kier alpha value is -2.70. The van der Waals surface area contributed by atoms with Gasteiger partial charge in [-0.2, -0.15) is 0 Å². The summed E-state index contributed by atoms with van der Waals surface area (Å²) in [7, 11) is 2.77. The van der Waals surface area contributed by atoms with Gasteiger partial charge in [-0.1, -0.05) is 25.5 Å². The number of alkyl carbamates (subject to hydrolysis) is 1. The molecule has 1 aromatic rings. The molecular weight excluding hydrogens is 350 g/mol. The van der Waals surface area contributed by atoms with Crippen LogP contribution in [0.15, 0.2) is 23.9 Å². The lowest BCUT2D eigenvalue weighted by Crippen LogP contribution is -2.34. The smallest absolute Gasteiger partial charge is 0.412 e. The van der Waals surface area contributed by atoms with Crippen molar-refractivity contribution < 1.29 is 28.5 Å². The number of rotatable bonds is 8. The number of para-hydroxylation sites is 1. The van der Waals surface area contributed by atoms with E-state index in [2.05, 4.69) is 12.2 Å². The van der Waals surface area contributed by atoms with Crippen molar-refractivity contribution in [2.24, 2.45) is 0 Å². The first-order chi connectivity index (χ1) is 12.7. The maximum absolute atomic E-state index is 12.1. The molecule has 1 aromatic carbocycles. The molecule has 1 N–H and O–H groups in total. The Labute approximate surface area is 160 Å². The van der Waals surface area contributed by atoms with Crippen molar-refractivity contribution in [3.63, 3.8) is 0 Å². The van der Waals surface area contributed by atoms with Gasteiger partial charge < -0.3 is 18.9 Å². The topological polar surface area (TPSA) is 83.1 Å². The van der Waals surface area contributed by atoms with E-state index in [0.717, 1.165) is 12.8 Å². The van der Waals surface area contributed by atoms with Gasteiger partial charge in [0.05, 0.1) is 20.8 Å². The Kier molecular flexibility index (Phi) is 8.65. The molecule has 0 atom stereocenters. The number of hydrogen-bond donors (Lipinski definition) is 1. The molecule has 0 saturated carbocycles. The SMILES string of the molecule is CCCCOc1c(/C=C(\NC(=O)OC(C)(C)C)C(=O)OC)cccc1OC. The molecule has 0 heterocycles. The summed E-state index contributed by atoms with van der Waals surface area (Å²) in [6, 6.07) is 5.28. The van der Waals surface area contributed by atoms with Crippen molar-refractivity contribution in [2.75, 3.05) is 20.8 Å². The molecule has 1 rings (SSSR count). The van der Waals surface area contributed by atoms with Crippen molar-refractivity contribution in [1.82, 2.24) is 5.32 Å². The largest absolute Gasteiger partial charge is 0.493 e. The van der Waals surface area contributed by atoms with Crippen LogP contribution in [-0.4, -0.2) is 38.5 Å². The van der Waals surface area contributed by atoms with Crippen LogP contribution >= 0.6 is 0 Å². The van der Waals surface area contributed by atoms with Crippen molar-refractivity contribution >= 4 is 18.1 Å². The Morgan fingerprint density at radius 1 is 1.19 bits per heavy atom. The van der Waals surface area contributed by atoms with E-state index in [0.29, 0.717) is 23.7 Å². The molecule has 7 heteroatoms. The van der Waals surface area contributed by atoms with Crippen LogP contribution in [0.3, 0.4) is 0 Å². The third kappa shape index (κ3) is 7.60. The zero-order valence-electron chi connectivity index (χ0n) is 16.9. The average Bonchev–Trinajstić information content (AvgIpc) is 2.59.